The Bertz CT molecular complexity index is 1000. The summed E-state index contributed by atoms with van der Waals surface area (Å²) in [5.41, 5.74) is 2.29. The number of amides is 2. The Hall–Kier alpha value is -3.13. The van der Waals surface area contributed by atoms with Gasteiger partial charge in [-0.25, -0.2) is 9.37 Å². The van der Waals surface area contributed by atoms with E-state index in [1.165, 1.54) is 36.0 Å². The van der Waals surface area contributed by atoms with Crippen LogP contribution < -0.4 is 10.6 Å². The van der Waals surface area contributed by atoms with Crippen molar-refractivity contribution in [1.82, 2.24) is 14.9 Å². The van der Waals surface area contributed by atoms with Crippen LogP contribution in [0.1, 0.15) is 0 Å². The van der Waals surface area contributed by atoms with Crippen molar-refractivity contribution in [3.63, 3.8) is 0 Å². The van der Waals surface area contributed by atoms with Crippen molar-refractivity contribution in [3.05, 3.63) is 67.0 Å². The summed E-state index contributed by atoms with van der Waals surface area (Å²) in [5, 5.41) is 5.87. The summed E-state index contributed by atoms with van der Waals surface area (Å²) in [5.74, 6) is -0.921. The van der Waals surface area contributed by atoms with E-state index in [0.29, 0.717) is 17.4 Å². The number of aromatic nitrogens is 2. The minimum atomic E-state index is -0.385. The van der Waals surface area contributed by atoms with Crippen LogP contribution in [0.4, 0.5) is 10.1 Å². The number of benzene rings is 2. The SMILES string of the molecule is C=CCn1c(SCC(=O)NCC(=O)Nc2ccc(F)cc2)nc2ccccc21. The maximum atomic E-state index is 12.9. The molecule has 0 radical (unpaired) electrons. The minimum Gasteiger partial charge on any atom is -0.346 e. The third kappa shape index (κ3) is 4.98. The molecular formula is C20H19FN4O2S. The number of thioether (sulfide) groups is 1. The first-order chi connectivity index (χ1) is 13.6. The number of nitrogens with zero attached hydrogens (tertiary/aromatic N) is 2. The second kappa shape index (κ2) is 9.18. The van der Waals surface area contributed by atoms with E-state index in [2.05, 4.69) is 22.2 Å². The standard InChI is InChI=1S/C20H19FN4O2S/c1-2-11-25-17-6-4-3-5-16(17)24-20(25)28-13-19(27)22-12-18(26)23-15-9-7-14(21)8-10-15/h2-10H,1,11-13H2,(H,22,27)(H,23,26). The lowest BCUT2D eigenvalue weighted by Crippen LogP contribution is -2.33. The van der Waals surface area contributed by atoms with E-state index < -0.39 is 0 Å². The molecule has 1 heterocycles. The third-order valence-corrected chi connectivity index (χ3v) is 4.81. The molecule has 0 aliphatic heterocycles. The number of rotatable bonds is 8. The van der Waals surface area contributed by atoms with Crippen LogP contribution >= 0.6 is 11.8 Å². The van der Waals surface area contributed by atoms with Gasteiger partial charge in [-0.1, -0.05) is 30.0 Å². The number of hydrogen-bond donors (Lipinski definition) is 2. The Kier molecular flexibility index (Phi) is 6.44. The van der Waals surface area contributed by atoms with Gasteiger partial charge in [0.15, 0.2) is 5.16 Å². The van der Waals surface area contributed by atoms with E-state index in [1.54, 1.807) is 6.08 Å². The lowest BCUT2D eigenvalue weighted by atomic mass is 10.3. The van der Waals surface area contributed by atoms with Gasteiger partial charge >= 0.3 is 0 Å². The van der Waals surface area contributed by atoms with E-state index in [9.17, 15) is 14.0 Å². The van der Waals surface area contributed by atoms with Gasteiger partial charge in [0.05, 0.1) is 23.3 Å². The molecule has 3 rings (SSSR count). The molecule has 2 aromatic carbocycles. The first-order valence-corrected chi connectivity index (χ1v) is 9.56. The molecule has 2 N–H and O–H groups in total. The maximum absolute atomic E-state index is 12.9. The lowest BCUT2D eigenvalue weighted by molar-refractivity contribution is -0.122. The van der Waals surface area contributed by atoms with Gasteiger partial charge in [0.1, 0.15) is 5.82 Å². The summed E-state index contributed by atoms with van der Waals surface area (Å²) in [6.07, 6.45) is 1.78. The highest BCUT2D eigenvalue weighted by molar-refractivity contribution is 7.99. The highest BCUT2D eigenvalue weighted by atomic mass is 32.2. The van der Waals surface area contributed by atoms with E-state index in [4.69, 9.17) is 0 Å². The number of carbonyl (C=O) groups is 2. The number of halogens is 1. The van der Waals surface area contributed by atoms with Gasteiger partial charge in [-0.2, -0.15) is 0 Å². The van der Waals surface area contributed by atoms with Crippen molar-refractivity contribution in [3.8, 4) is 0 Å². The van der Waals surface area contributed by atoms with Gasteiger partial charge in [0.25, 0.3) is 0 Å². The molecule has 0 saturated heterocycles. The van der Waals surface area contributed by atoms with E-state index >= 15 is 0 Å². The number of hydrogen-bond acceptors (Lipinski definition) is 4. The second-order valence-corrected chi connectivity index (χ2v) is 6.85. The number of nitrogens with one attached hydrogen (secondary N) is 2. The van der Waals surface area contributed by atoms with Crippen molar-refractivity contribution in [2.45, 2.75) is 11.7 Å². The Balaban J connectivity index is 1.52. The van der Waals surface area contributed by atoms with Gasteiger partial charge in [-0.15, -0.1) is 6.58 Å². The normalized spacial score (nSPS) is 10.6. The molecule has 0 unspecified atom stereocenters. The molecule has 1 aromatic heterocycles. The number of anilines is 1. The molecule has 3 aromatic rings. The molecule has 0 fully saturated rings. The highest BCUT2D eigenvalue weighted by Crippen LogP contribution is 2.23. The number of imidazole rings is 1. The van der Waals surface area contributed by atoms with Crippen molar-refractivity contribution < 1.29 is 14.0 Å². The third-order valence-electron chi connectivity index (χ3n) is 3.84. The molecule has 28 heavy (non-hydrogen) atoms. The number of carbonyl (C=O) groups excluding carboxylic acids is 2. The topological polar surface area (TPSA) is 76.0 Å². The molecule has 6 nitrogen and oxygen atoms in total. The predicted octanol–water partition coefficient (Wildman–Crippen LogP) is 3.21. The summed E-state index contributed by atoms with van der Waals surface area (Å²) in [7, 11) is 0. The molecule has 0 atom stereocenters. The van der Waals surface area contributed by atoms with Gasteiger partial charge in [-0.3, -0.25) is 9.59 Å². The molecule has 8 heteroatoms. The largest absolute Gasteiger partial charge is 0.346 e. The Morgan fingerprint density at radius 3 is 2.64 bits per heavy atom. The quantitative estimate of drug-likeness (QED) is 0.451. The van der Waals surface area contributed by atoms with Crippen molar-refractivity contribution >= 4 is 40.3 Å². The molecule has 0 spiro atoms. The zero-order chi connectivity index (χ0) is 19.9. The molecule has 0 bridgehead atoms. The van der Waals surface area contributed by atoms with Crippen LogP contribution in [0.25, 0.3) is 11.0 Å². The van der Waals surface area contributed by atoms with Crippen LogP contribution in [0.5, 0.6) is 0 Å². The molecular weight excluding hydrogens is 379 g/mol. The fourth-order valence-corrected chi connectivity index (χ4v) is 3.42. The highest BCUT2D eigenvalue weighted by Gasteiger charge is 2.12. The molecule has 0 aliphatic carbocycles. The van der Waals surface area contributed by atoms with Crippen molar-refractivity contribution in [2.24, 2.45) is 0 Å². The Morgan fingerprint density at radius 1 is 1.14 bits per heavy atom. The number of allylic oxidation sites excluding steroid dienone is 1. The number of fused-ring (bicyclic) bond motifs is 1. The fraction of sp³-hybridized carbons (Fsp3) is 0.150. The van der Waals surface area contributed by atoms with Crippen LogP contribution in [0.3, 0.4) is 0 Å². The van der Waals surface area contributed by atoms with E-state index in [1.807, 2.05) is 28.8 Å². The minimum absolute atomic E-state index is 0.129. The van der Waals surface area contributed by atoms with Crippen LogP contribution in [-0.2, 0) is 16.1 Å². The average molecular weight is 398 g/mol. The summed E-state index contributed by atoms with van der Waals surface area (Å²) in [4.78, 5) is 28.5. The van der Waals surface area contributed by atoms with Crippen molar-refractivity contribution in [2.75, 3.05) is 17.6 Å². The maximum Gasteiger partial charge on any atom is 0.243 e. The first-order valence-electron chi connectivity index (χ1n) is 8.58. The fourth-order valence-electron chi connectivity index (χ4n) is 2.57. The predicted molar refractivity (Wildman–Crippen MR) is 109 cm³/mol. The van der Waals surface area contributed by atoms with Gasteiger partial charge in [-0.05, 0) is 36.4 Å². The number of para-hydroxylation sites is 2. The van der Waals surface area contributed by atoms with Gasteiger partial charge in [0, 0.05) is 12.2 Å². The molecule has 144 valence electrons. The van der Waals surface area contributed by atoms with E-state index in [0.717, 1.165) is 11.0 Å². The zero-order valence-corrected chi connectivity index (χ0v) is 15.8. The van der Waals surface area contributed by atoms with Gasteiger partial charge < -0.3 is 15.2 Å². The monoisotopic (exact) mass is 398 g/mol. The summed E-state index contributed by atoms with van der Waals surface area (Å²) in [6, 6.07) is 13.1. The van der Waals surface area contributed by atoms with Crippen LogP contribution in [0.15, 0.2) is 66.3 Å². The first kappa shape index (κ1) is 19.6. The molecule has 0 saturated carbocycles. The second-order valence-electron chi connectivity index (χ2n) is 5.90. The summed E-state index contributed by atoms with van der Waals surface area (Å²) < 4.78 is 14.9. The van der Waals surface area contributed by atoms with Gasteiger partial charge in [0.2, 0.25) is 11.8 Å². The van der Waals surface area contributed by atoms with Crippen LogP contribution in [-0.4, -0.2) is 33.7 Å². The Labute approximate surface area is 165 Å². The molecule has 2 amide bonds. The van der Waals surface area contributed by atoms with Crippen molar-refractivity contribution in [1.29, 1.82) is 0 Å². The summed E-state index contributed by atoms with van der Waals surface area (Å²) in [6.45, 7) is 4.19. The lowest BCUT2D eigenvalue weighted by Gasteiger charge is -2.08. The molecule has 0 aliphatic rings. The Morgan fingerprint density at radius 2 is 1.89 bits per heavy atom. The van der Waals surface area contributed by atoms with Crippen LogP contribution in [0.2, 0.25) is 0 Å². The average Bonchev–Trinajstić information content (AvgIpc) is 3.04. The smallest absolute Gasteiger partial charge is 0.243 e. The van der Waals surface area contributed by atoms with Crippen LogP contribution in [0, 0.1) is 5.82 Å². The summed E-state index contributed by atoms with van der Waals surface area (Å²) >= 11 is 1.30. The zero-order valence-electron chi connectivity index (χ0n) is 15.0. The van der Waals surface area contributed by atoms with E-state index in [-0.39, 0.29) is 29.9 Å².